The molecule has 1 aliphatic rings. The molecule has 4 nitrogen and oxygen atoms in total. The third-order valence-corrected chi connectivity index (χ3v) is 5.39. The molecule has 0 amide bonds. The molecule has 0 bridgehead atoms. The molecule has 1 N–H and O–H groups in total. The van der Waals surface area contributed by atoms with Crippen LogP contribution in [0.25, 0.3) is 11.3 Å². The Morgan fingerprint density at radius 1 is 1.20 bits per heavy atom. The van der Waals surface area contributed by atoms with Gasteiger partial charge in [-0.3, -0.25) is 4.79 Å². The van der Waals surface area contributed by atoms with Crippen LogP contribution in [-0.2, 0) is 0 Å². The summed E-state index contributed by atoms with van der Waals surface area (Å²) in [7, 11) is 0. The second kappa shape index (κ2) is 7.42. The first-order chi connectivity index (χ1) is 11.9. The zero-order valence-electron chi connectivity index (χ0n) is 15.6. The first kappa shape index (κ1) is 17.7. The van der Waals surface area contributed by atoms with E-state index in [1.807, 2.05) is 12.1 Å². The Morgan fingerprint density at radius 3 is 2.64 bits per heavy atom. The molecule has 2 aromatic rings. The van der Waals surface area contributed by atoms with Gasteiger partial charge in [-0.1, -0.05) is 27.2 Å². The Balaban J connectivity index is 1.80. The molecule has 1 aliphatic carbocycles. The van der Waals surface area contributed by atoms with E-state index < -0.39 is 0 Å². The molecule has 1 aromatic carbocycles. The highest BCUT2D eigenvalue weighted by Crippen LogP contribution is 2.37. The minimum Gasteiger partial charge on any atom is -0.490 e. The summed E-state index contributed by atoms with van der Waals surface area (Å²) < 4.78 is 6.46. The number of rotatable bonds is 4. The number of nitrogens with zero attached hydrogens (tertiary/aromatic N) is 1. The number of hydrogen-bond acceptors (Lipinski definition) is 3. The van der Waals surface area contributed by atoms with Crippen molar-refractivity contribution in [3.8, 4) is 17.0 Å². The SMILES string of the molecule is Cc1cc(-c2ccc(=O)[nH]n2)ccc1OC1CC(C)CCC1C(C)C. The molecule has 0 saturated heterocycles. The van der Waals surface area contributed by atoms with Crippen LogP contribution in [0.5, 0.6) is 5.75 Å². The van der Waals surface area contributed by atoms with Gasteiger partial charge in [0.05, 0.1) is 5.69 Å². The summed E-state index contributed by atoms with van der Waals surface area (Å²) in [6.45, 7) is 9.00. The first-order valence-electron chi connectivity index (χ1n) is 9.27. The van der Waals surface area contributed by atoms with Gasteiger partial charge >= 0.3 is 0 Å². The van der Waals surface area contributed by atoms with Crippen LogP contribution < -0.4 is 10.3 Å². The minimum atomic E-state index is -0.188. The highest BCUT2D eigenvalue weighted by molar-refractivity contribution is 5.61. The van der Waals surface area contributed by atoms with Gasteiger partial charge in [0.25, 0.3) is 5.56 Å². The van der Waals surface area contributed by atoms with Gasteiger partial charge in [0, 0.05) is 11.6 Å². The van der Waals surface area contributed by atoms with Crippen molar-refractivity contribution in [1.82, 2.24) is 10.2 Å². The van der Waals surface area contributed by atoms with Crippen LogP contribution in [-0.4, -0.2) is 16.3 Å². The Kier molecular flexibility index (Phi) is 5.26. The molecule has 3 rings (SSSR count). The van der Waals surface area contributed by atoms with Gasteiger partial charge < -0.3 is 4.74 Å². The number of H-pyrrole nitrogens is 1. The molecule has 0 radical (unpaired) electrons. The summed E-state index contributed by atoms with van der Waals surface area (Å²) in [4.78, 5) is 11.2. The van der Waals surface area contributed by atoms with Gasteiger partial charge in [-0.05, 0) is 67.3 Å². The zero-order valence-corrected chi connectivity index (χ0v) is 15.6. The van der Waals surface area contributed by atoms with Gasteiger partial charge in [-0.25, -0.2) is 5.10 Å². The second-order valence-electron chi connectivity index (χ2n) is 7.77. The van der Waals surface area contributed by atoms with Crippen molar-refractivity contribution in [3.05, 3.63) is 46.2 Å². The molecular formula is C21H28N2O2. The fourth-order valence-electron chi connectivity index (χ4n) is 3.86. The number of aryl methyl sites for hydroxylation is 1. The molecule has 134 valence electrons. The molecule has 0 spiro atoms. The van der Waals surface area contributed by atoms with Crippen molar-refractivity contribution in [2.75, 3.05) is 0 Å². The largest absolute Gasteiger partial charge is 0.490 e. The quantitative estimate of drug-likeness (QED) is 0.886. The Labute approximate surface area is 149 Å². The Hall–Kier alpha value is -2.10. The fraction of sp³-hybridized carbons (Fsp3) is 0.524. The lowest BCUT2D eigenvalue weighted by atomic mass is 9.75. The lowest BCUT2D eigenvalue weighted by Crippen LogP contribution is -2.36. The van der Waals surface area contributed by atoms with Crippen molar-refractivity contribution >= 4 is 0 Å². The molecule has 3 atom stereocenters. The molecule has 1 saturated carbocycles. The maximum atomic E-state index is 11.2. The van der Waals surface area contributed by atoms with E-state index in [4.69, 9.17) is 4.74 Å². The van der Waals surface area contributed by atoms with Crippen LogP contribution in [0.3, 0.4) is 0 Å². The van der Waals surface area contributed by atoms with E-state index in [0.717, 1.165) is 34.9 Å². The van der Waals surface area contributed by atoms with Crippen molar-refractivity contribution in [1.29, 1.82) is 0 Å². The predicted octanol–water partition coefficient (Wildman–Crippen LogP) is 4.58. The zero-order chi connectivity index (χ0) is 18.0. The van der Waals surface area contributed by atoms with Crippen molar-refractivity contribution in [3.63, 3.8) is 0 Å². The van der Waals surface area contributed by atoms with Crippen LogP contribution >= 0.6 is 0 Å². The number of ether oxygens (including phenoxy) is 1. The molecule has 1 heterocycles. The summed E-state index contributed by atoms with van der Waals surface area (Å²) in [6.07, 6.45) is 3.98. The fourth-order valence-corrected chi connectivity index (χ4v) is 3.86. The van der Waals surface area contributed by atoms with Crippen molar-refractivity contribution in [2.45, 2.75) is 53.1 Å². The Morgan fingerprint density at radius 2 is 2.00 bits per heavy atom. The van der Waals surface area contributed by atoms with E-state index in [1.165, 1.54) is 18.9 Å². The predicted molar refractivity (Wildman–Crippen MR) is 101 cm³/mol. The molecule has 0 aliphatic heterocycles. The van der Waals surface area contributed by atoms with Crippen LogP contribution in [0.15, 0.2) is 35.1 Å². The highest BCUT2D eigenvalue weighted by Gasteiger charge is 2.32. The monoisotopic (exact) mass is 340 g/mol. The van der Waals surface area contributed by atoms with Crippen molar-refractivity contribution in [2.24, 2.45) is 17.8 Å². The molecular weight excluding hydrogens is 312 g/mol. The number of aromatic amines is 1. The minimum absolute atomic E-state index is 0.188. The summed E-state index contributed by atoms with van der Waals surface area (Å²) in [5, 5.41) is 6.59. The van der Waals surface area contributed by atoms with E-state index >= 15 is 0 Å². The third kappa shape index (κ3) is 4.12. The van der Waals surface area contributed by atoms with Crippen LogP contribution in [0, 0.1) is 24.7 Å². The number of aromatic nitrogens is 2. The lowest BCUT2D eigenvalue weighted by molar-refractivity contribution is 0.0455. The first-order valence-corrected chi connectivity index (χ1v) is 9.27. The Bertz CT molecular complexity index is 761. The smallest absolute Gasteiger partial charge is 0.264 e. The van der Waals surface area contributed by atoms with E-state index in [9.17, 15) is 4.79 Å². The van der Waals surface area contributed by atoms with E-state index in [-0.39, 0.29) is 5.56 Å². The van der Waals surface area contributed by atoms with E-state index in [0.29, 0.717) is 17.9 Å². The summed E-state index contributed by atoms with van der Waals surface area (Å²) in [6, 6.07) is 9.37. The van der Waals surface area contributed by atoms with Crippen molar-refractivity contribution < 1.29 is 4.74 Å². The molecule has 25 heavy (non-hydrogen) atoms. The number of hydrogen-bond donors (Lipinski definition) is 1. The number of benzene rings is 1. The van der Waals surface area contributed by atoms with E-state index in [2.05, 4.69) is 44.0 Å². The summed E-state index contributed by atoms with van der Waals surface area (Å²) in [5.41, 5.74) is 2.66. The van der Waals surface area contributed by atoms with Crippen LogP contribution in [0.4, 0.5) is 0 Å². The standard InChI is InChI=1S/C21H28N2O2/c1-13(2)17-7-5-14(3)11-20(17)25-19-9-6-16(12-15(19)4)18-8-10-21(24)23-22-18/h6,8-10,12-14,17,20H,5,7,11H2,1-4H3,(H,23,24). The van der Waals surface area contributed by atoms with Gasteiger partial charge in [0.15, 0.2) is 0 Å². The molecule has 3 unspecified atom stereocenters. The summed E-state index contributed by atoms with van der Waals surface area (Å²) in [5.74, 6) is 2.95. The lowest BCUT2D eigenvalue weighted by Gasteiger charge is -2.37. The van der Waals surface area contributed by atoms with Gasteiger partial charge in [0.2, 0.25) is 0 Å². The van der Waals surface area contributed by atoms with E-state index in [1.54, 1.807) is 6.07 Å². The third-order valence-electron chi connectivity index (χ3n) is 5.39. The normalized spacial score (nSPS) is 23.6. The topological polar surface area (TPSA) is 55.0 Å². The average Bonchev–Trinajstić information content (AvgIpc) is 2.57. The van der Waals surface area contributed by atoms with Gasteiger partial charge in [0.1, 0.15) is 11.9 Å². The maximum absolute atomic E-state index is 11.2. The highest BCUT2D eigenvalue weighted by atomic mass is 16.5. The number of nitrogens with one attached hydrogen (secondary N) is 1. The molecule has 1 aromatic heterocycles. The molecule has 4 heteroatoms. The van der Waals surface area contributed by atoms with Gasteiger partial charge in [-0.2, -0.15) is 5.10 Å². The van der Waals surface area contributed by atoms with Gasteiger partial charge in [-0.15, -0.1) is 0 Å². The van der Waals surface area contributed by atoms with Crippen LogP contribution in [0.1, 0.15) is 45.6 Å². The second-order valence-corrected chi connectivity index (χ2v) is 7.77. The molecule has 1 fully saturated rings. The summed E-state index contributed by atoms with van der Waals surface area (Å²) >= 11 is 0. The van der Waals surface area contributed by atoms with Crippen LogP contribution in [0.2, 0.25) is 0 Å². The maximum Gasteiger partial charge on any atom is 0.264 e. The average molecular weight is 340 g/mol.